The van der Waals surface area contributed by atoms with Gasteiger partial charge in [-0.2, -0.15) is 4.39 Å². The van der Waals surface area contributed by atoms with Crippen LogP contribution in [0.3, 0.4) is 0 Å². The number of benzene rings is 2. The fourth-order valence-corrected chi connectivity index (χ4v) is 3.88. The van der Waals surface area contributed by atoms with Crippen molar-refractivity contribution >= 4 is 29.0 Å². The number of hydrogen-bond acceptors (Lipinski definition) is 7. The second-order valence-corrected chi connectivity index (χ2v) is 7.87. The Balaban J connectivity index is 1.58. The number of pyridine rings is 1. The zero-order chi connectivity index (χ0) is 23.4. The third-order valence-corrected chi connectivity index (χ3v) is 5.60. The smallest absolute Gasteiger partial charge is 0.306 e. The highest BCUT2D eigenvalue weighted by Crippen LogP contribution is 2.29. The van der Waals surface area contributed by atoms with Crippen molar-refractivity contribution in [2.24, 2.45) is 0 Å². The van der Waals surface area contributed by atoms with Gasteiger partial charge in [0.2, 0.25) is 11.7 Å². The Kier molecular flexibility index (Phi) is 6.41. The molecule has 0 fully saturated rings. The fourth-order valence-electron chi connectivity index (χ4n) is 3.13. The summed E-state index contributed by atoms with van der Waals surface area (Å²) >= 11 is 1.16. The molecule has 1 N–H and O–H groups in total. The molecule has 0 saturated heterocycles. The number of aromatic nitrogens is 4. The molecular weight excluding hydrogens is 447 g/mol. The number of rotatable bonds is 7. The molecule has 0 saturated carbocycles. The lowest BCUT2D eigenvalue weighted by Gasteiger charge is -2.12. The summed E-state index contributed by atoms with van der Waals surface area (Å²) in [6, 6.07) is 14.6. The van der Waals surface area contributed by atoms with Crippen LogP contribution in [0.15, 0.2) is 72.1 Å². The van der Waals surface area contributed by atoms with Gasteiger partial charge in [0.05, 0.1) is 16.4 Å². The van der Waals surface area contributed by atoms with Crippen molar-refractivity contribution in [3.8, 4) is 17.1 Å². The summed E-state index contributed by atoms with van der Waals surface area (Å²) in [4.78, 5) is 26.7. The summed E-state index contributed by atoms with van der Waals surface area (Å²) in [6.45, 7) is 1.96. The molecule has 0 radical (unpaired) electrons. The van der Waals surface area contributed by atoms with Crippen molar-refractivity contribution in [3.05, 3.63) is 88.5 Å². The first-order chi connectivity index (χ1) is 15.9. The monoisotopic (exact) mass is 464 g/mol. The van der Waals surface area contributed by atoms with Crippen LogP contribution >= 0.6 is 11.8 Å². The summed E-state index contributed by atoms with van der Waals surface area (Å²) in [5.41, 5.74) is 2.04. The number of nitro benzene ring substituents is 1. The molecule has 2 aromatic heterocycles. The number of carbonyl (C=O) groups excluding carboxylic acids is 1. The van der Waals surface area contributed by atoms with E-state index in [0.29, 0.717) is 11.0 Å². The maximum atomic E-state index is 13.5. The van der Waals surface area contributed by atoms with Gasteiger partial charge in [0.15, 0.2) is 11.0 Å². The normalized spacial score (nSPS) is 10.7. The lowest BCUT2D eigenvalue weighted by Crippen LogP contribution is -2.15. The minimum absolute atomic E-state index is 0.0395. The highest BCUT2D eigenvalue weighted by Gasteiger charge is 2.19. The predicted octanol–water partition coefficient (Wildman–Crippen LogP) is 4.42. The van der Waals surface area contributed by atoms with E-state index < -0.39 is 22.3 Å². The van der Waals surface area contributed by atoms with Crippen molar-refractivity contribution in [2.45, 2.75) is 12.1 Å². The number of nitro groups is 1. The minimum atomic E-state index is -0.971. The number of hydrogen-bond donors (Lipinski definition) is 1. The molecule has 1 amide bonds. The van der Waals surface area contributed by atoms with E-state index in [9.17, 15) is 19.3 Å². The molecule has 4 rings (SSSR count). The molecule has 0 aliphatic carbocycles. The molecule has 0 aliphatic heterocycles. The van der Waals surface area contributed by atoms with Crippen molar-refractivity contribution in [2.75, 3.05) is 11.1 Å². The number of thioether (sulfide) groups is 1. The van der Waals surface area contributed by atoms with E-state index in [2.05, 4.69) is 20.5 Å². The first-order valence-electron chi connectivity index (χ1n) is 9.72. The number of nitrogens with one attached hydrogen (secondary N) is 1. The number of carbonyl (C=O) groups is 1. The largest absolute Gasteiger partial charge is 0.325 e. The number of amides is 1. The molecular formula is C22H17FN6O3S. The van der Waals surface area contributed by atoms with E-state index in [4.69, 9.17) is 0 Å². The van der Waals surface area contributed by atoms with E-state index in [1.54, 1.807) is 18.5 Å². The van der Waals surface area contributed by atoms with Gasteiger partial charge in [0.1, 0.15) is 0 Å². The third-order valence-electron chi connectivity index (χ3n) is 4.67. The van der Waals surface area contributed by atoms with Gasteiger partial charge in [0.25, 0.3) is 0 Å². The van der Waals surface area contributed by atoms with E-state index in [0.717, 1.165) is 40.7 Å². The van der Waals surface area contributed by atoms with Crippen molar-refractivity contribution in [1.29, 1.82) is 0 Å². The second kappa shape index (κ2) is 9.57. The third kappa shape index (κ3) is 4.88. The van der Waals surface area contributed by atoms with Gasteiger partial charge >= 0.3 is 5.69 Å². The van der Waals surface area contributed by atoms with Crippen LogP contribution in [0.2, 0.25) is 0 Å². The molecule has 166 valence electrons. The molecule has 33 heavy (non-hydrogen) atoms. The van der Waals surface area contributed by atoms with E-state index in [1.165, 1.54) is 6.07 Å². The maximum Gasteiger partial charge on any atom is 0.306 e. The average Bonchev–Trinajstić information content (AvgIpc) is 3.23. The number of anilines is 1. The Hall–Kier alpha value is -4.12. The summed E-state index contributed by atoms with van der Waals surface area (Å²) in [5, 5.41) is 22.5. The van der Waals surface area contributed by atoms with Gasteiger partial charge in [-0.1, -0.05) is 30.0 Å². The zero-order valence-electron chi connectivity index (χ0n) is 17.3. The topological polar surface area (TPSA) is 116 Å². The zero-order valence-corrected chi connectivity index (χ0v) is 18.1. The minimum Gasteiger partial charge on any atom is -0.325 e. The molecule has 2 heterocycles. The first kappa shape index (κ1) is 22.1. The summed E-state index contributed by atoms with van der Waals surface area (Å²) in [5.74, 6) is -0.860. The summed E-state index contributed by atoms with van der Waals surface area (Å²) in [6.07, 6.45) is 3.35. The van der Waals surface area contributed by atoms with E-state index in [1.807, 2.05) is 41.8 Å². The lowest BCUT2D eigenvalue weighted by atomic mass is 10.2. The van der Waals surface area contributed by atoms with E-state index in [-0.39, 0.29) is 11.4 Å². The molecule has 0 spiro atoms. The fraction of sp³-hybridized carbons (Fsp3) is 0.0909. The van der Waals surface area contributed by atoms with Gasteiger partial charge in [-0.3, -0.25) is 24.5 Å². The van der Waals surface area contributed by atoms with Gasteiger partial charge in [-0.05, 0) is 42.8 Å². The Labute approximate surface area is 191 Å². The first-order valence-corrected chi connectivity index (χ1v) is 10.7. The number of aryl methyl sites for hydroxylation is 1. The Bertz CT molecular complexity index is 1330. The van der Waals surface area contributed by atoms with Gasteiger partial charge in [0, 0.05) is 29.7 Å². The number of para-hydroxylation sites is 1. The van der Waals surface area contributed by atoms with Crippen molar-refractivity contribution < 1.29 is 14.1 Å². The molecule has 0 atom stereocenters. The van der Waals surface area contributed by atoms with Crippen LogP contribution in [0.4, 0.5) is 15.8 Å². The van der Waals surface area contributed by atoms with Crippen LogP contribution in [0, 0.1) is 22.9 Å². The van der Waals surface area contributed by atoms with Crippen LogP contribution in [-0.4, -0.2) is 36.3 Å². The highest BCUT2D eigenvalue weighted by molar-refractivity contribution is 7.99. The summed E-state index contributed by atoms with van der Waals surface area (Å²) < 4.78 is 15.4. The second-order valence-electron chi connectivity index (χ2n) is 6.93. The molecule has 0 bridgehead atoms. The quantitative estimate of drug-likeness (QED) is 0.245. The van der Waals surface area contributed by atoms with Crippen LogP contribution in [0.1, 0.15) is 5.56 Å². The van der Waals surface area contributed by atoms with Crippen LogP contribution in [0.25, 0.3) is 17.1 Å². The van der Waals surface area contributed by atoms with Crippen molar-refractivity contribution in [3.63, 3.8) is 0 Å². The van der Waals surface area contributed by atoms with Crippen LogP contribution < -0.4 is 5.32 Å². The van der Waals surface area contributed by atoms with Gasteiger partial charge in [-0.15, -0.1) is 10.2 Å². The number of nitrogens with zero attached hydrogens (tertiary/aromatic N) is 5. The standard InChI is InChI=1S/C22H17FN6O3S/c1-14-5-2-3-7-18(14)28-21(15-6-4-10-24-12-15)26-27-22(28)33-13-20(30)25-16-8-9-17(23)19(11-16)29(31)32/h2-12H,13H2,1H3,(H,25,30). The van der Waals surface area contributed by atoms with E-state index >= 15 is 0 Å². The Morgan fingerprint density at radius 2 is 2.00 bits per heavy atom. The van der Waals surface area contributed by atoms with Crippen LogP contribution in [-0.2, 0) is 4.79 Å². The van der Waals surface area contributed by atoms with Gasteiger partial charge < -0.3 is 5.32 Å². The lowest BCUT2D eigenvalue weighted by molar-refractivity contribution is -0.387. The molecule has 0 aliphatic rings. The van der Waals surface area contributed by atoms with Crippen LogP contribution in [0.5, 0.6) is 0 Å². The van der Waals surface area contributed by atoms with Crippen molar-refractivity contribution in [1.82, 2.24) is 19.7 Å². The molecule has 0 unspecified atom stereocenters. The molecule has 4 aromatic rings. The number of halogens is 1. The average molecular weight is 464 g/mol. The maximum absolute atomic E-state index is 13.5. The SMILES string of the molecule is Cc1ccccc1-n1c(SCC(=O)Nc2ccc(F)c([N+](=O)[O-])c2)nnc1-c1cccnc1. The summed E-state index contributed by atoms with van der Waals surface area (Å²) in [7, 11) is 0. The highest BCUT2D eigenvalue weighted by atomic mass is 32.2. The molecule has 11 heteroatoms. The van der Waals surface area contributed by atoms with Gasteiger partial charge in [-0.25, -0.2) is 0 Å². The Morgan fingerprint density at radius 3 is 2.73 bits per heavy atom. The predicted molar refractivity (Wildman–Crippen MR) is 122 cm³/mol. The Morgan fingerprint density at radius 1 is 1.18 bits per heavy atom. The molecule has 9 nitrogen and oxygen atoms in total. The molecule has 2 aromatic carbocycles.